The molecule has 2 heterocycles. The molecule has 8 heteroatoms. The van der Waals surface area contributed by atoms with Crippen LogP contribution in [0.15, 0.2) is 72.8 Å². The number of benzene rings is 3. The van der Waals surface area contributed by atoms with E-state index >= 15 is 0 Å². The molecule has 3 aromatic rings. The van der Waals surface area contributed by atoms with Crippen molar-refractivity contribution in [3.63, 3.8) is 0 Å². The van der Waals surface area contributed by atoms with Crippen molar-refractivity contribution in [2.45, 2.75) is 44.7 Å². The number of methoxy groups -OCH3 is 3. The minimum atomic E-state index is -0.241. The lowest BCUT2D eigenvalue weighted by Gasteiger charge is -2.38. The van der Waals surface area contributed by atoms with Crippen molar-refractivity contribution in [1.29, 1.82) is 0 Å². The minimum Gasteiger partial charge on any atom is -0.497 e. The third-order valence-corrected chi connectivity index (χ3v) is 9.03. The molecule has 8 nitrogen and oxygen atoms in total. The van der Waals surface area contributed by atoms with Gasteiger partial charge in [0, 0.05) is 19.6 Å². The van der Waals surface area contributed by atoms with Crippen LogP contribution in [0.4, 0.5) is 0 Å². The number of hydrogen-bond donors (Lipinski definition) is 1. The van der Waals surface area contributed by atoms with Gasteiger partial charge in [-0.3, -0.25) is 9.59 Å². The number of rotatable bonds is 12. The van der Waals surface area contributed by atoms with Gasteiger partial charge in [-0.2, -0.15) is 0 Å². The van der Waals surface area contributed by atoms with Crippen LogP contribution in [0, 0.1) is 5.41 Å². The lowest BCUT2D eigenvalue weighted by molar-refractivity contribution is -0.139. The zero-order valence-electron chi connectivity index (χ0n) is 25.5. The quantitative estimate of drug-likeness (QED) is 0.322. The number of amides is 2. The van der Waals surface area contributed by atoms with Gasteiger partial charge in [-0.15, -0.1) is 0 Å². The fraction of sp³-hybridized carbons (Fsp3) is 0.429. The monoisotopic (exact) mass is 585 g/mol. The highest BCUT2D eigenvalue weighted by molar-refractivity contribution is 5.85. The fourth-order valence-corrected chi connectivity index (χ4v) is 6.40. The molecule has 0 aliphatic carbocycles. The van der Waals surface area contributed by atoms with Crippen LogP contribution < -0.4 is 19.5 Å². The molecule has 228 valence electrons. The van der Waals surface area contributed by atoms with Crippen LogP contribution in [0.25, 0.3) is 0 Å². The first-order chi connectivity index (χ1) is 20.9. The molecule has 0 saturated carbocycles. The molecular weight excluding hydrogens is 542 g/mol. The summed E-state index contributed by atoms with van der Waals surface area (Å²) in [5.74, 6) is 2.34. The molecule has 5 rings (SSSR count). The Kier molecular flexibility index (Phi) is 9.87. The Hall–Kier alpha value is -4.04. The minimum absolute atomic E-state index is 0.0350. The second kappa shape index (κ2) is 14.0. The molecule has 1 N–H and O–H groups in total. The van der Waals surface area contributed by atoms with Crippen molar-refractivity contribution in [1.82, 2.24) is 15.1 Å². The summed E-state index contributed by atoms with van der Waals surface area (Å²) >= 11 is 0. The smallest absolute Gasteiger partial charge is 0.229 e. The summed E-state index contributed by atoms with van der Waals surface area (Å²) in [5.41, 5.74) is 2.85. The van der Waals surface area contributed by atoms with E-state index in [1.807, 2.05) is 65.6 Å². The third-order valence-electron chi connectivity index (χ3n) is 9.03. The molecule has 2 fully saturated rings. The van der Waals surface area contributed by atoms with Gasteiger partial charge in [-0.05, 0) is 79.7 Å². The molecule has 2 aliphatic heterocycles. The molecule has 3 aromatic carbocycles. The highest BCUT2D eigenvalue weighted by atomic mass is 16.5. The van der Waals surface area contributed by atoms with Gasteiger partial charge < -0.3 is 29.3 Å². The number of piperidine rings is 1. The summed E-state index contributed by atoms with van der Waals surface area (Å²) < 4.78 is 16.0. The van der Waals surface area contributed by atoms with Crippen molar-refractivity contribution in [2.75, 3.05) is 47.5 Å². The summed E-state index contributed by atoms with van der Waals surface area (Å²) in [4.78, 5) is 31.2. The number of nitrogens with zero attached hydrogens (tertiary/aromatic N) is 2. The van der Waals surface area contributed by atoms with Crippen LogP contribution in [0.2, 0.25) is 0 Å². The largest absolute Gasteiger partial charge is 0.497 e. The zero-order valence-corrected chi connectivity index (χ0v) is 25.5. The number of hydrogen-bond acceptors (Lipinski definition) is 6. The molecule has 2 aliphatic rings. The van der Waals surface area contributed by atoms with Crippen molar-refractivity contribution in [3.8, 4) is 17.2 Å². The second-order valence-electron chi connectivity index (χ2n) is 11.6. The molecule has 0 bridgehead atoms. The van der Waals surface area contributed by atoms with Gasteiger partial charge in [0.15, 0.2) is 11.5 Å². The predicted molar refractivity (Wildman–Crippen MR) is 166 cm³/mol. The van der Waals surface area contributed by atoms with Gasteiger partial charge in [-0.1, -0.05) is 48.5 Å². The van der Waals surface area contributed by atoms with E-state index in [-0.39, 0.29) is 23.8 Å². The molecule has 1 unspecified atom stereocenters. The Bertz CT molecular complexity index is 1370. The molecule has 1 atom stereocenters. The Morgan fingerprint density at radius 1 is 0.837 bits per heavy atom. The van der Waals surface area contributed by atoms with Gasteiger partial charge in [0.05, 0.1) is 39.2 Å². The Morgan fingerprint density at radius 3 is 2.19 bits per heavy atom. The SMILES string of the molecule is COc1ccc(CN2CCC3(CCN(CCC(NC(=O)Cc4ccc(OC)c(OC)c4)c4ccccc4)CC3)C2=O)cc1. The molecule has 0 aromatic heterocycles. The Morgan fingerprint density at radius 2 is 1.51 bits per heavy atom. The summed E-state index contributed by atoms with van der Waals surface area (Å²) in [6.07, 6.45) is 3.74. The van der Waals surface area contributed by atoms with E-state index in [2.05, 4.69) is 22.3 Å². The van der Waals surface area contributed by atoms with Gasteiger partial charge in [0.25, 0.3) is 0 Å². The third kappa shape index (κ3) is 7.31. The van der Waals surface area contributed by atoms with Crippen LogP contribution in [-0.4, -0.2) is 69.1 Å². The van der Waals surface area contributed by atoms with E-state index in [0.717, 1.165) is 74.3 Å². The number of carbonyl (C=O) groups is 2. The molecule has 2 amide bonds. The maximum atomic E-state index is 13.5. The van der Waals surface area contributed by atoms with Gasteiger partial charge in [-0.25, -0.2) is 0 Å². The van der Waals surface area contributed by atoms with Crippen molar-refractivity contribution in [3.05, 3.63) is 89.5 Å². The van der Waals surface area contributed by atoms with Crippen molar-refractivity contribution >= 4 is 11.8 Å². The second-order valence-corrected chi connectivity index (χ2v) is 11.6. The summed E-state index contributed by atoms with van der Waals surface area (Å²) in [5, 5.41) is 3.27. The Labute approximate surface area is 254 Å². The highest BCUT2D eigenvalue weighted by Gasteiger charge is 2.47. The van der Waals surface area contributed by atoms with E-state index < -0.39 is 0 Å². The predicted octanol–water partition coefficient (Wildman–Crippen LogP) is 5.02. The first kappa shape index (κ1) is 30.4. The average Bonchev–Trinajstić information content (AvgIpc) is 3.34. The topological polar surface area (TPSA) is 80.3 Å². The zero-order chi connectivity index (χ0) is 30.2. The Balaban J connectivity index is 1.15. The van der Waals surface area contributed by atoms with E-state index in [1.54, 1.807) is 21.3 Å². The number of likely N-dealkylation sites (tertiary alicyclic amines) is 2. The van der Waals surface area contributed by atoms with E-state index in [0.29, 0.717) is 24.0 Å². The van der Waals surface area contributed by atoms with Gasteiger partial charge >= 0.3 is 0 Å². The fourth-order valence-electron chi connectivity index (χ4n) is 6.40. The summed E-state index contributed by atoms with van der Waals surface area (Å²) in [6, 6.07) is 23.6. The lowest BCUT2D eigenvalue weighted by atomic mass is 9.77. The standard InChI is InChI=1S/C35H43N3O5/c1-41-29-12-9-26(10-13-29)25-38-22-18-35(34(38)40)16-20-37(21-17-35)19-15-30(28-7-5-4-6-8-28)36-33(39)24-27-11-14-31(42-2)32(23-27)43-3/h4-14,23,30H,15-22,24-25H2,1-3H3,(H,36,39). The molecular formula is C35H43N3O5. The molecule has 2 saturated heterocycles. The van der Waals surface area contributed by atoms with Crippen molar-refractivity contribution < 1.29 is 23.8 Å². The van der Waals surface area contributed by atoms with Crippen LogP contribution >= 0.6 is 0 Å². The average molecular weight is 586 g/mol. The van der Waals surface area contributed by atoms with Gasteiger partial charge in [0.2, 0.25) is 11.8 Å². The maximum Gasteiger partial charge on any atom is 0.229 e. The van der Waals surface area contributed by atoms with E-state index in [4.69, 9.17) is 14.2 Å². The molecule has 0 radical (unpaired) electrons. The van der Waals surface area contributed by atoms with E-state index in [9.17, 15) is 9.59 Å². The summed E-state index contributed by atoms with van der Waals surface area (Å²) in [6.45, 7) is 4.10. The van der Waals surface area contributed by atoms with Crippen molar-refractivity contribution in [2.24, 2.45) is 5.41 Å². The lowest BCUT2D eigenvalue weighted by Crippen LogP contribution is -2.45. The van der Waals surface area contributed by atoms with Crippen LogP contribution in [0.5, 0.6) is 17.2 Å². The van der Waals surface area contributed by atoms with Crippen LogP contribution in [-0.2, 0) is 22.6 Å². The highest BCUT2D eigenvalue weighted by Crippen LogP contribution is 2.42. The van der Waals surface area contributed by atoms with E-state index in [1.165, 1.54) is 0 Å². The normalized spacial score (nSPS) is 17.1. The molecule has 1 spiro atoms. The first-order valence-corrected chi connectivity index (χ1v) is 15.1. The molecule has 43 heavy (non-hydrogen) atoms. The number of ether oxygens (including phenoxy) is 3. The van der Waals surface area contributed by atoms with Crippen LogP contribution in [0.3, 0.4) is 0 Å². The number of carbonyl (C=O) groups excluding carboxylic acids is 2. The maximum absolute atomic E-state index is 13.5. The first-order valence-electron chi connectivity index (χ1n) is 15.1. The number of nitrogens with one attached hydrogen (secondary N) is 1. The summed E-state index contributed by atoms with van der Waals surface area (Å²) in [7, 11) is 4.85. The van der Waals surface area contributed by atoms with Crippen LogP contribution in [0.1, 0.15) is 48.4 Å². The van der Waals surface area contributed by atoms with Gasteiger partial charge in [0.1, 0.15) is 5.75 Å².